The van der Waals surface area contributed by atoms with Gasteiger partial charge in [-0.3, -0.25) is 4.99 Å². The van der Waals surface area contributed by atoms with Gasteiger partial charge in [-0.2, -0.15) is 0 Å². The molecule has 7 nitrogen and oxygen atoms in total. The van der Waals surface area contributed by atoms with Crippen LogP contribution in [0.5, 0.6) is 0 Å². The highest BCUT2D eigenvalue weighted by atomic mass is 32.1. The van der Waals surface area contributed by atoms with E-state index >= 15 is 0 Å². The molecule has 1 unspecified atom stereocenters. The Morgan fingerprint density at radius 1 is 1.52 bits per heavy atom. The number of aliphatic imine (C=N–C) groups is 1. The lowest BCUT2D eigenvalue weighted by Crippen LogP contribution is -2.07. The standard InChI is InChI=1S/C13H14N4O3S/c18-9-5-14-6-15-12-11(9)16-7-17(12)4-3-8-1-2-10(21-8)13(19)20/h1-2,6-7,9,18H,3-5H2,(H,14,15)(H,19,20). The topological polar surface area (TPSA) is 99.7 Å². The van der Waals surface area contributed by atoms with Gasteiger partial charge in [0.1, 0.15) is 22.5 Å². The molecule has 3 N–H and O–H groups in total. The number of hydrogen-bond donors (Lipinski definition) is 3. The molecule has 8 heteroatoms. The Morgan fingerprint density at radius 3 is 3.14 bits per heavy atom. The Labute approximate surface area is 124 Å². The molecule has 0 radical (unpaired) electrons. The first-order valence-electron chi connectivity index (χ1n) is 6.45. The van der Waals surface area contributed by atoms with E-state index in [1.165, 1.54) is 11.3 Å². The van der Waals surface area contributed by atoms with Gasteiger partial charge in [-0.05, 0) is 18.6 Å². The summed E-state index contributed by atoms with van der Waals surface area (Å²) in [6.45, 7) is 0.944. The predicted octanol–water partition coefficient (Wildman–Crippen LogP) is 1.37. The SMILES string of the molecule is O=C(O)c1ccc(CCn2cnc3c2NC=NCC3O)s1. The second-order valence-electron chi connectivity index (χ2n) is 4.65. The van der Waals surface area contributed by atoms with E-state index in [2.05, 4.69) is 15.3 Å². The van der Waals surface area contributed by atoms with Crippen LogP contribution in [0, 0.1) is 0 Å². The molecular weight excluding hydrogens is 292 g/mol. The largest absolute Gasteiger partial charge is 0.477 e. The molecule has 21 heavy (non-hydrogen) atoms. The number of carbonyl (C=O) groups is 1. The number of aryl methyl sites for hydroxylation is 2. The number of thiophene rings is 1. The van der Waals surface area contributed by atoms with Gasteiger partial charge < -0.3 is 20.1 Å². The summed E-state index contributed by atoms with van der Waals surface area (Å²) in [5.41, 5.74) is 0.588. The van der Waals surface area contributed by atoms with Crippen molar-refractivity contribution in [3.63, 3.8) is 0 Å². The number of hydrogen-bond acceptors (Lipinski definition) is 6. The van der Waals surface area contributed by atoms with E-state index in [4.69, 9.17) is 5.11 Å². The smallest absolute Gasteiger partial charge is 0.345 e. The number of nitrogens with one attached hydrogen (secondary N) is 1. The third-order valence-corrected chi connectivity index (χ3v) is 4.36. The van der Waals surface area contributed by atoms with Gasteiger partial charge >= 0.3 is 5.97 Å². The fourth-order valence-electron chi connectivity index (χ4n) is 2.17. The number of carboxylic acids is 1. The number of aliphatic hydroxyl groups is 1. The first-order chi connectivity index (χ1) is 10.1. The van der Waals surface area contributed by atoms with E-state index < -0.39 is 12.1 Å². The lowest BCUT2D eigenvalue weighted by molar-refractivity contribution is 0.0702. The Bertz CT molecular complexity index is 691. The molecule has 0 bridgehead atoms. The monoisotopic (exact) mass is 306 g/mol. The molecule has 2 aromatic rings. The van der Waals surface area contributed by atoms with Crippen molar-refractivity contribution in [3.05, 3.63) is 33.9 Å². The Hall–Kier alpha value is -2.19. The van der Waals surface area contributed by atoms with Crippen LogP contribution < -0.4 is 5.32 Å². The fraction of sp³-hybridized carbons (Fsp3) is 0.308. The van der Waals surface area contributed by atoms with Crippen LogP contribution in [0.4, 0.5) is 5.82 Å². The number of imidazole rings is 1. The van der Waals surface area contributed by atoms with Crippen LogP contribution in [0.2, 0.25) is 0 Å². The van der Waals surface area contributed by atoms with Crippen molar-refractivity contribution >= 4 is 29.5 Å². The molecule has 1 aliphatic rings. The molecule has 0 aliphatic carbocycles. The minimum atomic E-state index is -0.899. The summed E-state index contributed by atoms with van der Waals surface area (Å²) in [4.78, 5) is 20.4. The Balaban J connectivity index is 1.73. The summed E-state index contributed by atoms with van der Waals surface area (Å²) >= 11 is 1.28. The minimum absolute atomic E-state index is 0.296. The van der Waals surface area contributed by atoms with Crippen molar-refractivity contribution in [2.45, 2.75) is 19.1 Å². The van der Waals surface area contributed by atoms with Crippen molar-refractivity contribution in [3.8, 4) is 0 Å². The van der Waals surface area contributed by atoms with Gasteiger partial charge in [0.15, 0.2) is 0 Å². The number of rotatable bonds is 4. The highest BCUT2D eigenvalue weighted by Crippen LogP contribution is 2.24. The first-order valence-corrected chi connectivity index (χ1v) is 7.26. The van der Waals surface area contributed by atoms with Crippen molar-refractivity contribution in [2.75, 3.05) is 11.9 Å². The average molecular weight is 306 g/mol. The number of nitrogens with zero attached hydrogens (tertiary/aromatic N) is 3. The maximum absolute atomic E-state index is 10.9. The van der Waals surface area contributed by atoms with Crippen LogP contribution in [0.3, 0.4) is 0 Å². The fourth-order valence-corrected chi connectivity index (χ4v) is 3.01. The number of anilines is 1. The van der Waals surface area contributed by atoms with Gasteiger partial charge in [-0.15, -0.1) is 11.3 Å². The quantitative estimate of drug-likeness (QED) is 0.792. The maximum atomic E-state index is 10.9. The maximum Gasteiger partial charge on any atom is 0.345 e. The molecule has 1 atom stereocenters. The number of aromatic carboxylic acids is 1. The van der Waals surface area contributed by atoms with Gasteiger partial charge in [0.05, 0.1) is 19.2 Å². The molecule has 0 spiro atoms. The van der Waals surface area contributed by atoms with E-state index in [0.717, 1.165) is 10.7 Å². The summed E-state index contributed by atoms with van der Waals surface area (Å²) in [6, 6.07) is 3.44. The van der Waals surface area contributed by atoms with Crippen LogP contribution in [0.25, 0.3) is 0 Å². The summed E-state index contributed by atoms with van der Waals surface area (Å²) in [6.07, 6.45) is 3.23. The van der Waals surface area contributed by atoms with Gasteiger partial charge in [0.2, 0.25) is 0 Å². The third kappa shape index (κ3) is 2.81. The molecule has 2 aromatic heterocycles. The van der Waals surface area contributed by atoms with Crippen LogP contribution in [0.1, 0.15) is 26.3 Å². The van der Waals surface area contributed by atoms with Crippen LogP contribution in [0.15, 0.2) is 23.5 Å². The zero-order valence-electron chi connectivity index (χ0n) is 11.1. The minimum Gasteiger partial charge on any atom is -0.477 e. The normalized spacial score (nSPS) is 17.1. The van der Waals surface area contributed by atoms with Crippen molar-refractivity contribution < 1.29 is 15.0 Å². The zero-order valence-corrected chi connectivity index (χ0v) is 11.9. The molecule has 0 aromatic carbocycles. The predicted molar refractivity (Wildman–Crippen MR) is 79.2 cm³/mol. The third-order valence-electron chi connectivity index (χ3n) is 3.22. The van der Waals surface area contributed by atoms with Crippen molar-refractivity contribution in [2.24, 2.45) is 4.99 Å². The van der Waals surface area contributed by atoms with E-state index in [0.29, 0.717) is 30.1 Å². The number of carboxylic acid groups (broad SMARTS) is 1. The summed E-state index contributed by atoms with van der Waals surface area (Å²) in [5.74, 6) is -0.164. The van der Waals surface area contributed by atoms with Crippen LogP contribution >= 0.6 is 11.3 Å². The van der Waals surface area contributed by atoms with E-state index in [1.54, 1.807) is 18.7 Å². The second kappa shape index (κ2) is 5.66. The molecule has 110 valence electrons. The number of aromatic nitrogens is 2. The van der Waals surface area contributed by atoms with E-state index in [9.17, 15) is 9.90 Å². The van der Waals surface area contributed by atoms with Crippen LogP contribution in [-0.2, 0) is 13.0 Å². The molecule has 0 saturated carbocycles. The van der Waals surface area contributed by atoms with Gasteiger partial charge in [-0.1, -0.05) is 0 Å². The lowest BCUT2D eigenvalue weighted by atomic mass is 10.2. The molecule has 0 saturated heterocycles. The Kier molecular flexibility index (Phi) is 3.72. The molecule has 3 rings (SSSR count). The zero-order chi connectivity index (χ0) is 14.8. The molecule has 1 aliphatic heterocycles. The van der Waals surface area contributed by atoms with E-state index in [1.807, 2.05) is 10.6 Å². The lowest BCUT2D eigenvalue weighted by Gasteiger charge is -2.08. The highest BCUT2D eigenvalue weighted by molar-refractivity contribution is 7.13. The number of aliphatic hydroxyl groups excluding tert-OH is 1. The molecular formula is C13H14N4O3S. The van der Waals surface area contributed by atoms with Gasteiger partial charge in [0.25, 0.3) is 0 Å². The van der Waals surface area contributed by atoms with E-state index in [-0.39, 0.29) is 0 Å². The van der Waals surface area contributed by atoms with Crippen LogP contribution in [-0.4, -0.2) is 38.6 Å². The van der Waals surface area contributed by atoms with Gasteiger partial charge in [-0.25, -0.2) is 9.78 Å². The Morgan fingerprint density at radius 2 is 2.38 bits per heavy atom. The summed E-state index contributed by atoms with van der Waals surface area (Å²) in [5, 5.41) is 21.8. The summed E-state index contributed by atoms with van der Waals surface area (Å²) < 4.78 is 1.90. The number of fused-ring (bicyclic) bond motifs is 1. The highest BCUT2D eigenvalue weighted by Gasteiger charge is 2.19. The van der Waals surface area contributed by atoms with Crippen molar-refractivity contribution in [1.82, 2.24) is 9.55 Å². The molecule has 0 fully saturated rings. The van der Waals surface area contributed by atoms with Crippen molar-refractivity contribution in [1.29, 1.82) is 0 Å². The van der Waals surface area contributed by atoms with Gasteiger partial charge in [0, 0.05) is 11.4 Å². The summed E-state index contributed by atoms with van der Waals surface area (Å²) in [7, 11) is 0. The first kappa shape index (κ1) is 13.8. The average Bonchev–Trinajstić information content (AvgIpc) is 3.04. The molecule has 3 heterocycles. The second-order valence-corrected chi connectivity index (χ2v) is 5.82. The molecule has 0 amide bonds.